The summed E-state index contributed by atoms with van der Waals surface area (Å²) >= 11 is 0. The lowest BCUT2D eigenvalue weighted by Gasteiger charge is -2.08. The number of halogens is 2. The summed E-state index contributed by atoms with van der Waals surface area (Å²) < 4.78 is 29.4. The van der Waals surface area contributed by atoms with Crippen molar-refractivity contribution in [1.82, 2.24) is 0 Å². The number of carbonyl (C=O) groups excluding carboxylic acids is 1. The van der Waals surface area contributed by atoms with Crippen LogP contribution in [0.5, 0.6) is 0 Å². The SMILES string of the molecule is COC(=O)C(O)c1ccc(F)c(F)c1. The first-order chi connectivity index (χ1) is 6.56. The zero-order valence-electron chi connectivity index (χ0n) is 7.33. The third kappa shape index (κ3) is 2.05. The Kier molecular flexibility index (Phi) is 3.14. The van der Waals surface area contributed by atoms with E-state index in [9.17, 15) is 18.7 Å². The maximum absolute atomic E-state index is 12.7. The van der Waals surface area contributed by atoms with E-state index >= 15 is 0 Å². The average molecular weight is 202 g/mol. The van der Waals surface area contributed by atoms with E-state index in [1.165, 1.54) is 0 Å². The summed E-state index contributed by atoms with van der Waals surface area (Å²) in [6.07, 6.45) is -1.59. The van der Waals surface area contributed by atoms with Gasteiger partial charge in [-0.3, -0.25) is 0 Å². The minimum absolute atomic E-state index is 0.0456. The first kappa shape index (κ1) is 10.6. The van der Waals surface area contributed by atoms with Gasteiger partial charge in [-0.15, -0.1) is 0 Å². The van der Waals surface area contributed by atoms with Crippen molar-refractivity contribution in [1.29, 1.82) is 0 Å². The van der Waals surface area contributed by atoms with Crippen molar-refractivity contribution < 1.29 is 23.4 Å². The number of hydrogen-bond donors (Lipinski definition) is 1. The maximum Gasteiger partial charge on any atom is 0.339 e. The lowest BCUT2D eigenvalue weighted by Crippen LogP contribution is -2.13. The molecule has 0 bridgehead atoms. The molecule has 76 valence electrons. The van der Waals surface area contributed by atoms with Gasteiger partial charge in [0.2, 0.25) is 0 Å². The van der Waals surface area contributed by atoms with Gasteiger partial charge in [0.05, 0.1) is 7.11 Å². The molecule has 0 amide bonds. The Morgan fingerprint density at radius 3 is 2.57 bits per heavy atom. The highest BCUT2D eigenvalue weighted by Gasteiger charge is 2.18. The number of benzene rings is 1. The second-order valence-corrected chi connectivity index (χ2v) is 2.60. The molecule has 1 aromatic rings. The van der Waals surface area contributed by atoms with Crippen LogP contribution >= 0.6 is 0 Å². The predicted molar refractivity (Wildman–Crippen MR) is 43.3 cm³/mol. The quantitative estimate of drug-likeness (QED) is 0.732. The van der Waals surface area contributed by atoms with Crippen molar-refractivity contribution in [2.24, 2.45) is 0 Å². The molecule has 3 nitrogen and oxygen atoms in total. The predicted octanol–water partition coefficient (Wildman–Crippen LogP) is 1.17. The molecule has 0 aliphatic carbocycles. The van der Waals surface area contributed by atoms with Crippen LogP contribution in [-0.4, -0.2) is 18.2 Å². The molecule has 1 unspecified atom stereocenters. The van der Waals surface area contributed by atoms with E-state index in [0.29, 0.717) is 0 Å². The van der Waals surface area contributed by atoms with Crippen LogP contribution in [0.2, 0.25) is 0 Å². The van der Waals surface area contributed by atoms with E-state index < -0.39 is 23.7 Å². The molecule has 0 fully saturated rings. The summed E-state index contributed by atoms with van der Waals surface area (Å²) in [6, 6.07) is 2.69. The van der Waals surface area contributed by atoms with Crippen LogP contribution in [0.15, 0.2) is 18.2 Å². The number of carbonyl (C=O) groups is 1. The van der Waals surface area contributed by atoms with Gasteiger partial charge in [0, 0.05) is 0 Å². The number of aliphatic hydroxyl groups excluding tert-OH is 1. The van der Waals surface area contributed by atoms with Crippen LogP contribution in [0.25, 0.3) is 0 Å². The van der Waals surface area contributed by atoms with Crippen molar-refractivity contribution >= 4 is 5.97 Å². The second kappa shape index (κ2) is 4.15. The van der Waals surface area contributed by atoms with Gasteiger partial charge in [0.25, 0.3) is 0 Å². The second-order valence-electron chi connectivity index (χ2n) is 2.60. The van der Waals surface area contributed by atoms with Crippen molar-refractivity contribution in [2.45, 2.75) is 6.10 Å². The fourth-order valence-electron chi connectivity index (χ4n) is 0.930. The Bertz CT molecular complexity index is 352. The number of methoxy groups -OCH3 is 1. The summed E-state index contributed by atoms with van der Waals surface area (Å²) in [4.78, 5) is 10.8. The van der Waals surface area contributed by atoms with Crippen molar-refractivity contribution in [3.63, 3.8) is 0 Å². The third-order valence-electron chi connectivity index (χ3n) is 1.68. The number of rotatable bonds is 2. The zero-order chi connectivity index (χ0) is 10.7. The van der Waals surface area contributed by atoms with Crippen LogP contribution < -0.4 is 0 Å². The van der Waals surface area contributed by atoms with E-state index in [2.05, 4.69) is 4.74 Å². The van der Waals surface area contributed by atoms with E-state index in [-0.39, 0.29) is 5.56 Å². The first-order valence-corrected chi connectivity index (χ1v) is 3.77. The van der Waals surface area contributed by atoms with Gasteiger partial charge in [0.1, 0.15) is 0 Å². The van der Waals surface area contributed by atoms with Crippen molar-refractivity contribution in [3.05, 3.63) is 35.4 Å². The molecule has 0 saturated heterocycles. The van der Waals surface area contributed by atoms with E-state index in [4.69, 9.17) is 0 Å². The topological polar surface area (TPSA) is 46.5 Å². The van der Waals surface area contributed by atoms with Gasteiger partial charge >= 0.3 is 5.97 Å². The summed E-state index contributed by atoms with van der Waals surface area (Å²) in [5, 5.41) is 9.24. The average Bonchev–Trinajstić information content (AvgIpc) is 2.20. The third-order valence-corrected chi connectivity index (χ3v) is 1.68. The molecule has 0 aliphatic heterocycles. The molecule has 14 heavy (non-hydrogen) atoms. The highest BCUT2D eigenvalue weighted by Crippen LogP contribution is 2.17. The Labute approximate surface area is 78.9 Å². The fourth-order valence-corrected chi connectivity index (χ4v) is 0.930. The molecule has 1 N–H and O–H groups in total. The number of aliphatic hydroxyl groups is 1. The molecule has 0 spiro atoms. The van der Waals surface area contributed by atoms with Gasteiger partial charge in [-0.2, -0.15) is 0 Å². The van der Waals surface area contributed by atoms with E-state index in [0.717, 1.165) is 25.3 Å². The summed E-state index contributed by atoms with van der Waals surface area (Å²) in [6.45, 7) is 0. The molecule has 1 aromatic carbocycles. The molecular formula is C9H8F2O3. The molecule has 1 rings (SSSR count). The molecule has 0 heterocycles. The highest BCUT2D eigenvalue weighted by atomic mass is 19.2. The molecule has 0 saturated carbocycles. The van der Waals surface area contributed by atoms with Crippen molar-refractivity contribution in [3.8, 4) is 0 Å². The smallest absolute Gasteiger partial charge is 0.339 e. The van der Waals surface area contributed by atoms with Crippen LogP contribution in [0.1, 0.15) is 11.7 Å². The highest BCUT2D eigenvalue weighted by molar-refractivity contribution is 5.76. The summed E-state index contributed by atoms with van der Waals surface area (Å²) in [5.41, 5.74) is -0.0456. The normalized spacial score (nSPS) is 12.3. The maximum atomic E-state index is 12.7. The Morgan fingerprint density at radius 1 is 1.43 bits per heavy atom. The summed E-state index contributed by atoms with van der Waals surface area (Å²) in [7, 11) is 1.09. The lowest BCUT2D eigenvalue weighted by molar-refractivity contribution is -0.150. The molecule has 0 radical (unpaired) electrons. The van der Waals surface area contributed by atoms with Crippen LogP contribution in [-0.2, 0) is 9.53 Å². The van der Waals surface area contributed by atoms with Gasteiger partial charge in [-0.05, 0) is 17.7 Å². The number of esters is 1. The lowest BCUT2D eigenvalue weighted by atomic mass is 10.1. The molecule has 1 atom stereocenters. The monoisotopic (exact) mass is 202 g/mol. The first-order valence-electron chi connectivity index (χ1n) is 3.77. The van der Waals surface area contributed by atoms with Gasteiger partial charge in [0.15, 0.2) is 17.7 Å². The Morgan fingerprint density at radius 2 is 2.07 bits per heavy atom. The van der Waals surface area contributed by atoms with Crippen molar-refractivity contribution in [2.75, 3.05) is 7.11 Å². The van der Waals surface area contributed by atoms with Crippen LogP contribution in [0.4, 0.5) is 8.78 Å². The standard InChI is InChI=1S/C9H8F2O3/c1-14-9(13)8(12)5-2-3-6(10)7(11)4-5/h2-4,8,12H,1H3. The number of ether oxygens (including phenoxy) is 1. The fraction of sp³-hybridized carbons (Fsp3) is 0.222. The molecule has 5 heteroatoms. The minimum atomic E-state index is -1.59. The van der Waals surface area contributed by atoms with Gasteiger partial charge in [-0.25, -0.2) is 13.6 Å². The number of hydrogen-bond acceptors (Lipinski definition) is 3. The zero-order valence-corrected chi connectivity index (χ0v) is 7.33. The van der Waals surface area contributed by atoms with Gasteiger partial charge in [-0.1, -0.05) is 6.07 Å². The minimum Gasteiger partial charge on any atom is -0.467 e. The van der Waals surface area contributed by atoms with Crippen LogP contribution in [0, 0.1) is 11.6 Å². The molecule has 0 aliphatic rings. The molecular weight excluding hydrogens is 194 g/mol. The summed E-state index contributed by atoms with van der Waals surface area (Å²) in [5.74, 6) is -3.08. The largest absolute Gasteiger partial charge is 0.467 e. The van der Waals surface area contributed by atoms with E-state index in [1.54, 1.807) is 0 Å². The Hall–Kier alpha value is -1.49. The molecule has 0 aromatic heterocycles. The van der Waals surface area contributed by atoms with E-state index in [1.807, 2.05) is 0 Å². The van der Waals surface area contributed by atoms with Crippen LogP contribution in [0.3, 0.4) is 0 Å². The van der Waals surface area contributed by atoms with Gasteiger partial charge < -0.3 is 9.84 Å². The Balaban J connectivity index is 2.96.